The Balaban J connectivity index is 2.23. The first-order valence-electron chi connectivity index (χ1n) is 4.04. The van der Waals surface area contributed by atoms with Crippen molar-refractivity contribution in [1.82, 2.24) is 14.8 Å². The van der Waals surface area contributed by atoms with E-state index in [4.69, 9.17) is 11.6 Å². The fourth-order valence-corrected chi connectivity index (χ4v) is 1.75. The van der Waals surface area contributed by atoms with Gasteiger partial charge in [0.25, 0.3) is 0 Å². The van der Waals surface area contributed by atoms with Crippen LogP contribution in [0.4, 0.5) is 0 Å². The van der Waals surface area contributed by atoms with Gasteiger partial charge in [-0.15, -0.1) is 5.10 Å². The predicted molar refractivity (Wildman–Crippen MR) is 63.3 cm³/mol. The maximum atomic E-state index is 6.02. The third-order valence-corrected chi connectivity index (χ3v) is 2.66. The van der Waals surface area contributed by atoms with E-state index >= 15 is 0 Å². The van der Waals surface area contributed by atoms with Crippen LogP contribution < -0.4 is 0 Å². The molecule has 72 valence electrons. The molecule has 2 rings (SSSR count). The first-order valence-corrected chi connectivity index (χ1v) is 5.50. The molecule has 3 nitrogen and oxygen atoms in total. The second kappa shape index (κ2) is 4.27. The van der Waals surface area contributed by atoms with Crippen LogP contribution in [0.3, 0.4) is 0 Å². The Kier molecular flexibility index (Phi) is 3.02. The van der Waals surface area contributed by atoms with Crippen LogP contribution in [0.25, 0.3) is 0 Å². The SMILES string of the molecule is Clc1ccccc1Cn1cnc(I)n1. The summed E-state index contributed by atoms with van der Waals surface area (Å²) >= 11 is 8.09. The van der Waals surface area contributed by atoms with Gasteiger partial charge in [0.15, 0.2) is 0 Å². The molecule has 0 saturated carbocycles. The van der Waals surface area contributed by atoms with Gasteiger partial charge >= 0.3 is 0 Å². The third kappa shape index (κ3) is 2.24. The Labute approximate surface area is 100 Å². The van der Waals surface area contributed by atoms with Gasteiger partial charge in [-0.25, -0.2) is 9.67 Å². The van der Waals surface area contributed by atoms with E-state index in [2.05, 4.69) is 32.7 Å². The smallest absolute Gasteiger partial charge is 0.211 e. The van der Waals surface area contributed by atoms with Crippen LogP contribution in [-0.2, 0) is 6.54 Å². The average molecular weight is 320 g/mol. The highest BCUT2D eigenvalue weighted by Crippen LogP contribution is 2.15. The average Bonchev–Trinajstić information content (AvgIpc) is 2.56. The number of nitrogens with zero attached hydrogens (tertiary/aromatic N) is 3. The summed E-state index contributed by atoms with van der Waals surface area (Å²) in [4.78, 5) is 4.04. The standard InChI is InChI=1S/C9H7ClIN3/c10-8-4-2-1-3-7(8)5-14-6-12-9(11)13-14/h1-4,6H,5H2. The number of rotatable bonds is 2. The quantitative estimate of drug-likeness (QED) is 0.797. The van der Waals surface area contributed by atoms with Crippen LogP contribution in [-0.4, -0.2) is 14.8 Å². The Morgan fingerprint density at radius 3 is 2.79 bits per heavy atom. The Bertz CT molecular complexity index is 441. The summed E-state index contributed by atoms with van der Waals surface area (Å²) in [5, 5.41) is 4.94. The zero-order valence-corrected chi connectivity index (χ0v) is 10.1. The molecule has 0 unspecified atom stereocenters. The van der Waals surface area contributed by atoms with E-state index in [1.54, 1.807) is 11.0 Å². The highest BCUT2D eigenvalue weighted by atomic mass is 127. The topological polar surface area (TPSA) is 30.7 Å². The monoisotopic (exact) mass is 319 g/mol. The van der Waals surface area contributed by atoms with Crippen molar-refractivity contribution in [3.8, 4) is 0 Å². The largest absolute Gasteiger partial charge is 0.247 e. The lowest BCUT2D eigenvalue weighted by molar-refractivity contribution is 0.680. The molecule has 0 bridgehead atoms. The molecule has 0 amide bonds. The molecule has 1 heterocycles. The normalized spacial score (nSPS) is 10.4. The van der Waals surface area contributed by atoms with Gasteiger partial charge < -0.3 is 0 Å². The van der Waals surface area contributed by atoms with Crippen molar-refractivity contribution in [2.75, 3.05) is 0 Å². The summed E-state index contributed by atoms with van der Waals surface area (Å²) in [6, 6.07) is 7.73. The van der Waals surface area contributed by atoms with Crippen LogP contribution in [0.2, 0.25) is 5.02 Å². The fourth-order valence-electron chi connectivity index (χ4n) is 1.15. The molecule has 0 saturated heterocycles. The van der Waals surface area contributed by atoms with Gasteiger partial charge in [0.1, 0.15) is 6.33 Å². The van der Waals surface area contributed by atoms with Gasteiger partial charge in [-0.1, -0.05) is 29.8 Å². The molecule has 0 aliphatic heterocycles. The fraction of sp³-hybridized carbons (Fsp3) is 0.111. The van der Waals surface area contributed by atoms with Gasteiger partial charge in [0.2, 0.25) is 3.83 Å². The highest BCUT2D eigenvalue weighted by Gasteiger charge is 2.01. The Hall–Kier alpha value is -0.620. The molecule has 5 heteroatoms. The highest BCUT2D eigenvalue weighted by molar-refractivity contribution is 14.1. The zero-order valence-electron chi connectivity index (χ0n) is 7.19. The van der Waals surface area contributed by atoms with Crippen molar-refractivity contribution in [2.45, 2.75) is 6.54 Å². The van der Waals surface area contributed by atoms with Crippen molar-refractivity contribution in [3.63, 3.8) is 0 Å². The summed E-state index contributed by atoms with van der Waals surface area (Å²) in [5.74, 6) is 0. The van der Waals surface area contributed by atoms with E-state index in [1.807, 2.05) is 24.3 Å². The van der Waals surface area contributed by atoms with Crippen LogP contribution >= 0.6 is 34.2 Å². The van der Waals surface area contributed by atoms with Crippen molar-refractivity contribution in [3.05, 3.63) is 45.0 Å². The van der Waals surface area contributed by atoms with Gasteiger partial charge in [0.05, 0.1) is 6.54 Å². The van der Waals surface area contributed by atoms with E-state index in [1.165, 1.54) is 0 Å². The molecule has 0 atom stereocenters. The molecule has 0 fully saturated rings. The molecule has 2 aromatic rings. The van der Waals surface area contributed by atoms with Gasteiger partial charge in [-0.3, -0.25) is 0 Å². The lowest BCUT2D eigenvalue weighted by atomic mass is 10.2. The molecule has 0 aliphatic rings. The first-order chi connectivity index (χ1) is 6.75. The number of benzene rings is 1. The summed E-state index contributed by atoms with van der Waals surface area (Å²) in [6.07, 6.45) is 1.70. The minimum absolute atomic E-state index is 0.662. The summed E-state index contributed by atoms with van der Waals surface area (Å²) in [5.41, 5.74) is 1.05. The number of hydrogen-bond donors (Lipinski definition) is 0. The Morgan fingerprint density at radius 1 is 1.36 bits per heavy atom. The molecular formula is C9H7ClIN3. The maximum absolute atomic E-state index is 6.02. The van der Waals surface area contributed by atoms with Gasteiger partial charge in [0, 0.05) is 27.6 Å². The lowest BCUT2D eigenvalue weighted by Gasteiger charge is -2.02. The van der Waals surface area contributed by atoms with E-state index < -0.39 is 0 Å². The van der Waals surface area contributed by atoms with E-state index in [-0.39, 0.29) is 0 Å². The van der Waals surface area contributed by atoms with Crippen LogP contribution in [0.15, 0.2) is 30.6 Å². The van der Waals surface area contributed by atoms with E-state index in [9.17, 15) is 0 Å². The molecule has 1 aromatic carbocycles. The molecular weight excluding hydrogens is 312 g/mol. The minimum atomic E-state index is 0.662. The third-order valence-electron chi connectivity index (χ3n) is 1.80. The molecule has 0 aliphatic carbocycles. The molecule has 14 heavy (non-hydrogen) atoms. The van der Waals surface area contributed by atoms with Gasteiger partial charge in [-0.2, -0.15) is 0 Å². The number of hydrogen-bond acceptors (Lipinski definition) is 2. The van der Waals surface area contributed by atoms with Crippen LogP contribution in [0, 0.1) is 3.83 Å². The number of aromatic nitrogens is 3. The maximum Gasteiger partial charge on any atom is 0.211 e. The number of halogens is 2. The molecule has 0 spiro atoms. The minimum Gasteiger partial charge on any atom is -0.247 e. The Morgan fingerprint density at radius 2 is 2.14 bits per heavy atom. The van der Waals surface area contributed by atoms with E-state index in [0.29, 0.717) is 6.54 Å². The van der Waals surface area contributed by atoms with Gasteiger partial charge in [-0.05, 0) is 11.6 Å². The zero-order chi connectivity index (χ0) is 9.97. The van der Waals surface area contributed by atoms with Crippen LogP contribution in [0.5, 0.6) is 0 Å². The summed E-state index contributed by atoms with van der Waals surface area (Å²) in [7, 11) is 0. The molecule has 1 aromatic heterocycles. The second-order valence-corrected chi connectivity index (χ2v) is 4.17. The summed E-state index contributed by atoms with van der Waals surface area (Å²) < 4.78 is 2.51. The van der Waals surface area contributed by atoms with Crippen molar-refractivity contribution in [2.24, 2.45) is 0 Å². The first kappa shape index (κ1) is 9.92. The van der Waals surface area contributed by atoms with Crippen molar-refractivity contribution >= 4 is 34.2 Å². The lowest BCUT2D eigenvalue weighted by Crippen LogP contribution is -2.00. The predicted octanol–water partition coefficient (Wildman–Crippen LogP) is 2.58. The van der Waals surface area contributed by atoms with Crippen LogP contribution in [0.1, 0.15) is 5.56 Å². The molecule has 0 N–H and O–H groups in total. The second-order valence-electron chi connectivity index (χ2n) is 2.80. The van der Waals surface area contributed by atoms with Crippen molar-refractivity contribution < 1.29 is 0 Å². The summed E-state index contributed by atoms with van der Waals surface area (Å²) in [6.45, 7) is 0.662. The van der Waals surface area contributed by atoms with E-state index in [0.717, 1.165) is 14.4 Å². The molecule has 0 radical (unpaired) electrons. The van der Waals surface area contributed by atoms with Crippen molar-refractivity contribution in [1.29, 1.82) is 0 Å².